The van der Waals surface area contributed by atoms with Gasteiger partial charge < -0.3 is 14.1 Å². The van der Waals surface area contributed by atoms with Crippen LogP contribution in [0.25, 0.3) is 10.9 Å². The van der Waals surface area contributed by atoms with Crippen LogP contribution in [-0.2, 0) is 6.54 Å². The van der Waals surface area contributed by atoms with E-state index >= 15 is 0 Å². The predicted octanol–water partition coefficient (Wildman–Crippen LogP) is 2.34. The van der Waals surface area contributed by atoms with E-state index in [9.17, 15) is 9.59 Å². The van der Waals surface area contributed by atoms with E-state index in [1.165, 1.54) is 16.9 Å². The van der Waals surface area contributed by atoms with Crippen molar-refractivity contribution in [3.05, 3.63) is 70.4 Å². The van der Waals surface area contributed by atoms with Gasteiger partial charge in [0.2, 0.25) is 5.76 Å². The monoisotopic (exact) mass is 269 g/mol. The maximum absolute atomic E-state index is 12.0. The Hall–Kier alpha value is -2.82. The van der Waals surface area contributed by atoms with Crippen molar-refractivity contribution in [2.75, 3.05) is 0 Å². The van der Waals surface area contributed by atoms with Crippen LogP contribution in [0.15, 0.2) is 57.9 Å². The van der Waals surface area contributed by atoms with Crippen LogP contribution in [0.2, 0.25) is 0 Å². The fraction of sp³-hybridized carbons (Fsp3) is 0.0667. The summed E-state index contributed by atoms with van der Waals surface area (Å²) in [6, 6.07) is 12.3. The molecule has 2 aromatic heterocycles. The standard InChI is InChI=1S/C15H11NO4/c17-13-6-5-10-3-1-2-4-12(10)16(13)9-11-7-8-20-14(11)15(18)19/h1-8H,9H2,(H,18,19). The maximum Gasteiger partial charge on any atom is 0.372 e. The minimum Gasteiger partial charge on any atom is -0.475 e. The highest BCUT2D eigenvalue weighted by Gasteiger charge is 2.15. The van der Waals surface area contributed by atoms with E-state index in [2.05, 4.69) is 0 Å². The van der Waals surface area contributed by atoms with Gasteiger partial charge in [0.25, 0.3) is 5.56 Å². The molecule has 0 atom stereocenters. The molecule has 5 heteroatoms. The van der Waals surface area contributed by atoms with Gasteiger partial charge in [-0.3, -0.25) is 4.79 Å². The molecule has 0 spiro atoms. The first-order valence-corrected chi connectivity index (χ1v) is 6.05. The van der Waals surface area contributed by atoms with Crippen molar-refractivity contribution in [3.8, 4) is 0 Å². The minimum atomic E-state index is -1.14. The molecule has 0 unspecified atom stereocenters. The molecule has 2 heterocycles. The number of carboxylic acids is 1. The summed E-state index contributed by atoms with van der Waals surface area (Å²) in [5, 5.41) is 9.96. The number of hydrogen-bond donors (Lipinski definition) is 1. The molecule has 0 amide bonds. The number of pyridine rings is 1. The molecular formula is C15H11NO4. The number of carbonyl (C=O) groups is 1. The van der Waals surface area contributed by atoms with Gasteiger partial charge in [0, 0.05) is 11.6 Å². The average Bonchev–Trinajstić information content (AvgIpc) is 2.90. The second-order valence-electron chi connectivity index (χ2n) is 4.40. The summed E-state index contributed by atoms with van der Waals surface area (Å²) < 4.78 is 6.47. The number of hydrogen-bond acceptors (Lipinski definition) is 3. The molecule has 1 aromatic carbocycles. The van der Waals surface area contributed by atoms with E-state index in [4.69, 9.17) is 9.52 Å². The zero-order valence-corrected chi connectivity index (χ0v) is 10.4. The van der Waals surface area contributed by atoms with Gasteiger partial charge in [-0.1, -0.05) is 18.2 Å². The highest BCUT2D eigenvalue weighted by molar-refractivity contribution is 5.86. The molecule has 3 aromatic rings. The fourth-order valence-corrected chi connectivity index (χ4v) is 2.23. The molecule has 5 nitrogen and oxygen atoms in total. The molecule has 0 saturated carbocycles. The van der Waals surface area contributed by atoms with Crippen LogP contribution in [0.1, 0.15) is 16.1 Å². The molecule has 0 fully saturated rings. The van der Waals surface area contributed by atoms with Crippen molar-refractivity contribution < 1.29 is 14.3 Å². The summed E-state index contributed by atoms with van der Waals surface area (Å²) in [4.78, 5) is 23.1. The van der Waals surface area contributed by atoms with E-state index in [0.29, 0.717) is 5.56 Å². The summed E-state index contributed by atoms with van der Waals surface area (Å²) in [6.45, 7) is 0.165. The molecular weight excluding hydrogens is 258 g/mol. The fourth-order valence-electron chi connectivity index (χ4n) is 2.23. The van der Waals surface area contributed by atoms with Gasteiger partial charge in [-0.05, 0) is 23.6 Å². The van der Waals surface area contributed by atoms with Gasteiger partial charge in [-0.25, -0.2) is 4.79 Å². The SMILES string of the molecule is O=C(O)c1occc1Cn1c(=O)ccc2ccccc21. The summed E-state index contributed by atoms with van der Waals surface area (Å²) in [6.07, 6.45) is 1.31. The number of nitrogens with zero attached hydrogens (tertiary/aromatic N) is 1. The van der Waals surface area contributed by atoms with Crippen LogP contribution in [0.3, 0.4) is 0 Å². The third-order valence-corrected chi connectivity index (χ3v) is 3.17. The summed E-state index contributed by atoms with van der Waals surface area (Å²) in [5.41, 5.74) is 1.05. The van der Waals surface area contributed by atoms with Gasteiger partial charge >= 0.3 is 5.97 Å². The number of aromatic carboxylic acids is 1. The molecule has 0 radical (unpaired) electrons. The van der Waals surface area contributed by atoms with Crippen LogP contribution in [0, 0.1) is 0 Å². The summed E-state index contributed by atoms with van der Waals surface area (Å²) in [5.74, 6) is -1.27. The Morgan fingerprint density at radius 3 is 2.75 bits per heavy atom. The van der Waals surface area contributed by atoms with Gasteiger partial charge in [0.15, 0.2) is 0 Å². The first-order chi connectivity index (χ1) is 9.66. The molecule has 20 heavy (non-hydrogen) atoms. The van der Waals surface area contributed by atoms with E-state index in [1.54, 1.807) is 12.1 Å². The molecule has 0 aliphatic heterocycles. The molecule has 0 aliphatic carbocycles. The van der Waals surface area contributed by atoms with Crippen molar-refractivity contribution in [2.24, 2.45) is 0 Å². The number of furan rings is 1. The maximum atomic E-state index is 12.0. The van der Waals surface area contributed by atoms with Crippen LogP contribution in [0.5, 0.6) is 0 Å². The van der Waals surface area contributed by atoms with E-state index in [0.717, 1.165) is 10.9 Å². The Balaban J connectivity index is 2.15. The summed E-state index contributed by atoms with van der Waals surface area (Å²) in [7, 11) is 0. The third kappa shape index (κ3) is 1.99. The second-order valence-corrected chi connectivity index (χ2v) is 4.40. The Kier molecular flexibility index (Phi) is 2.87. The van der Waals surface area contributed by atoms with Crippen molar-refractivity contribution in [1.29, 1.82) is 0 Å². The van der Waals surface area contributed by atoms with Crippen molar-refractivity contribution in [2.45, 2.75) is 6.54 Å². The quantitative estimate of drug-likeness (QED) is 0.792. The zero-order valence-electron chi connectivity index (χ0n) is 10.4. The van der Waals surface area contributed by atoms with E-state index < -0.39 is 5.97 Å². The summed E-state index contributed by atoms with van der Waals surface area (Å²) >= 11 is 0. The number of fused-ring (bicyclic) bond motifs is 1. The Morgan fingerprint density at radius 2 is 1.95 bits per heavy atom. The third-order valence-electron chi connectivity index (χ3n) is 3.17. The molecule has 100 valence electrons. The second kappa shape index (κ2) is 4.70. The molecule has 1 N–H and O–H groups in total. The lowest BCUT2D eigenvalue weighted by Crippen LogP contribution is -2.20. The highest BCUT2D eigenvalue weighted by atomic mass is 16.4. The number of rotatable bonds is 3. The van der Waals surface area contributed by atoms with Crippen LogP contribution in [0.4, 0.5) is 0 Å². The van der Waals surface area contributed by atoms with Crippen molar-refractivity contribution >= 4 is 16.9 Å². The van der Waals surface area contributed by atoms with E-state index in [-0.39, 0.29) is 17.9 Å². The molecule has 0 bridgehead atoms. The molecule has 3 rings (SSSR count). The minimum absolute atomic E-state index is 0.134. The Morgan fingerprint density at radius 1 is 1.15 bits per heavy atom. The normalized spacial score (nSPS) is 10.8. The lowest BCUT2D eigenvalue weighted by Gasteiger charge is -2.09. The van der Waals surface area contributed by atoms with Gasteiger partial charge in [-0.15, -0.1) is 0 Å². The van der Waals surface area contributed by atoms with Gasteiger partial charge in [0.05, 0.1) is 18.3 Å². The average molecular weight is 269 g/mol. The van der Waals surface area contributed by atoms with Gasteiger partial charge in [0.1, 0.15) is 0 Å². The van der Waals surface area contributed by atoms with Crippen LogP contribution < -0.4 is 5.56 Å². The number of benzene rings is 1. The first kappa shape index (κ1) is 12.2. The number of carboxylic acid groups (broad SMARTS) is 1. The van der Waals surface area contributed by atoms with Crippen LogP contribution >= 0.6 is 0 Å². The van der Waals surface area contributed by atoms with Gasteiger partial charge in [-0.2, -0.15) is 0 Å². The molecule has 0 saturated heterocycles. The highest BCUT2D eigenvalue weighted by Crippen LogP contribution is 2.16. The number of para-hydroxylation sites is 1. The van der Waals surface area contributed by atoms with Crippen molar-refractivity contribution in [1.82, 2.24) is 4.57 Å². The lowest BCUT2D eigenvalue weighted by molar-refractivity contribution is 0.0660. The molecule has 0 aliphatic rings. The topological polar surface area (TPSA) is 72.4 Å². The smallest absolute Gasteiger partial charge is 0.372 e. The van der Waals surface area contributed by atoms with Crippen LogP contribution in [-0.4, -0.2) is 15.6 Å². The van der Waals surface area contributed by atoms with E-state index in [1.807, 2.05) is 24.3 Å². The number of aromatic nitrogens is 1. The predicted molar refractivity (Wildman–Crippen MR) is 73.0 cm³/mol. The zero-order chi connectivity index (χ0) is 14.1. The Labute approximate surface area is 113 Å². The first-order valence-electron chi connectivity index (χ1n) is 6.05. The Bertz CT molecular complexity index is 844. The van der Waals surface area contributed by atoms with Crippen molar-refractivity contribution in [3.63, 3.8) is 0 Å². The lowest BCUT2D eigenvalue weighted by atomic mass is 10.2. The largest absolute Gasteiger partial charge is 0.475 e.